The summed E-state index contributed by atoms with van der Waals surface area (Å²) in [6.07, 6.45) is 1.27. The van der Waals surface area contributed by atoms with Crippen molar-refractivity contribution in [1.29, 1.82) is 0 Å². The Morgan fingerprint density at radius 3 is 3.00 bits per heavy atom. The largest absolute Gasteiger partial charge is 0.381 e. The maximum atomic E-state index is 14.1. The monoisotopic (exact) mass is 344 g/mol. The minimum absolute atomic E-state index is 0.130. The average molecular weight is 344 g/mol. The van der Waals surface area contributed by atoms with Crippen molar-refractivity contribution in [2.45, 2.75) is 25.2 Å². The summed E-state index contributed by atoms with van der Waals surface area (Å²) in [5.41, 5.74) is 1.96. The number of fused-ring (bicyclic) bond motifs is 3. The molecule has 1 aromatic carbocycles. The Morgan fingerprint density at radius 1 is 1.24 bits per heavy atom. The van der Waals surface area contributed by atoms with Crippen molar-refractivity contribution in [3.8, 4) is 11.3 Å². The molecule has 0 N–H and O–H groups in total. The molecule has 132 valence electrons. The average Bonchev–Trinajstić information content (AvgIpc) is 3.33. The molecular weight excluding hydrogens is 323 g/mol. The zero-order valence-electron chi connectivity index (χ0n) is 14.0. The van der Waals surface area contributed by atoms with E-state index in [0.29, 0.717) is 23.8 Å². The van der Waals surface area contributed by atoms with Crippen LogP contribution in [0.2, 0.25) is 0 Å². The van der Waals surface area contributed by atoms with Crippen molar-refractivity contribution in [2.75, 3.05) is 32.8 Å². The Bertz CT molecular complexity index is 774. The van der Waals surface area contributed by atoms with Crippen molar-refractivity contribution in [2.24, 2.45) is 5.92 Å². The van der Waals surface area contributed by atoms with Crippen molar-refractivity contribution in [1.82, 2.24) is 19.9 Å². The molecule has 5 rings (SSSR count). The van der Waals surface area contributed by atoms with Gasteiger partial charge < -0.3 is 9.47 Å². The minimum atomic E-state index is -0.276. The van der Waals surface area contributed by atoms with Crippen LogP contribution in [0.4, 0.5) is 4.39 Å². The van der Waals surface area contributed by atoms with E-state index in [1.807, 2.05) is 10.7 Å². The van der Waals surface area contributed by atoms with Crippen LogP contribution in [0.3, 0.4) is 0 Å². The molecular formula is C18H21FN4O2. The zero-order chi connectivity index (χ0) is 16.8. The van der Waals surface area contributed by atoms with Gasteiger partial charge in [0.15, 0.2) is 0 Å². The van der Waals surface area contributed by atoms with Gasteiger partial charge in [-0.1, -0.05) is 17.3 Å². The molecule has 0 saturated carbocycles. The number of benzene rings is 1. The van der Waals surface area contributed by atoms with E-state index in [9.17, 15) is 4.39 Å². The minimum Gasteiger partial charge on any atom is -0.381 e. The van der Waals surface area contributed by atoms with Crippen LogP contribution in [-0.4, -0.2) is 58.8 Å². The first-order chi connectivity index (χ1) is 12.3. The predicted molar refractivity (Wildman–Crippen MR) is 88.4 cm³/mol. The van der Waals surface area contributed by atoms with E-state index in [-0.39, 0.29) is 18.0 Å². The quantitative estimate of drug-likeness (QED) is 0.851. The van der Waals surface area contributed by atoms with Gasteiger partial charge >= 0.3 is 0 Å². The lowest BCUT2D eigenvalue weighted by Crippen LogP contribution is -2.32. The van der Waals surface area contributed by atoms with E-state index in [1.54, 1.807) is 12.1 Å². The highest BCUT2D eigenvalue weighted by atomic mass is 19.1. The zero-order valence-corrected chi connectivity index (χ0v) is 14.0. The molecule has 1 aromatic heterocycles. The second kappa shape index (κ2) is 6.16. The standard InChI is InChI=1S/C18H21FN4O2/c19-14-4-2-1-3-13(14)18-16-11-25-17-9-22(7-12-5-6-24-10-12)8-15(17)23(16)21-20-18/h1-4,12,15,17H,5-11H2/t12-,15+,17+/m0/s1. The van der Waals surface area contributed by atoms with Gasteiger partial charge in [-0.2, -0.15) is 0 Å². The molecule has 0 bridgehead atoms. The molecule has 2 saturated heterocycles. The van der Waals surface area contributed by atoms with Crippen LogP contribution < -0.4 is 0 Å². The highest BCUT2D eigenvalue weighted by molar-refractivity contribution is 5.62. The number of rotatable bonds is 3. The molecule has 6 nitrogen and oxygen atoms in total. The number of hydrogen-bond acceptors (Lipinski definition) is 5. The van der Waals surface area contributed by atoms with Gasteiger partial charge in [-0.15, -0.1) is 5.10 Å². The molecule has 3 aliphatic heterocycles. The number of halogens is 1. The van der Waals surface area contributed by atoms with Gasteiger partial charge in [0.25, 0.3) is 0 Å². The van der Waals surface area contributed by atoms with Crippen LogP contribution in [0.1, 0.15) is 18.2 Å². The van der Waals surface area contributed by atoms with Crippen molar-refractivity contribution in [3.63, 3.8) is 0 Å². The summed E-state index contributed by atoms with van der Waals surface area (Å²) in [6.45, 7) is 5.02. The molecule has 0 unspecified atom stereocenters. The van der Waals surface area contributed by atoms with Gasteiger partial charge in [-0.3, -0.25) is 4.90 Å². The SMILES string of the molecule is Fc1ccccc1-c1nnn2c1CO[C@@H]1CN(C[C@@H]3CCOC3)C[C@H]12. The maximum Gasteiger partial charge on any atom is 0.132 e. The van der Waals surface area contributed by atoms with E-state index in [1.165, 1.54) is 6.07 Å². The summed E-state index contributed by atoms with van der Waals surface area (Å²) >= 11 is 0. The summed E-state index contributed by atoms with van der Waals surface area (Å²) in [6, 6.07) is 6.85. The number of aromatic nitrogens is 3. The lowest BCUT2D eigenvalue weighted by molar-refractivity contribution is -0.00508. The number of hydrogen-bond donors (Lipinski definition) is 0. The van der Waals surface area contributed by atoms with E-state index in [0.717, 1.165) is 45.0 Å². The molecule has 7 heteroatoms. The van der Waals surface area contributed by atoms with E-state index >= 15 is 0 Å². The van der Waals surface area contributed by atoms with E-state index in [2.05, 4.69) is 15.2 Å². The third kappa shape index (κ3) is 2.67. The summed E-state index contributed by atoms with van der Waals surface area (Å²) < 4.78 is 27.7. The van der Waals surface area contributed by atoms with Crippen LogP contribution in [0, 0.1) is 11.7 Å². The number of nitrogens with zero attached hydrogens (tertiary/aromatic N) is 4. The second-order valence-electron chi connectivity index (χ2n) is 7.17. The fourth-order valence-electron chi connectivity index (χ4n) is 4.24. The fraction of sp³-hybridized carbons (Fsp3) is 0.556. The van der Waals surface area contributed by atoms with Gasteiger partial charge in [0.1, 0.15) is 11.5 Å². The van der Waals surface area contributed by atoms with Crippen molar-refractivity contribution < 1.29 is 13.9 Å². The third-order valence-corrected chi connectivity index (χ3v) is 5.52. The molecule has 2 aromatic rings. The van der Waals surface area contributed by atoms with Gasteiger partial charge in [-0.25, -0.2) is 9.07 Å². The Hall–Kier alpha value is -1.83. The summed E-state index contributed by atoms with van der Waals surface area (Å²) in [7, 11) is 0. The first-order valence-electron chi connectivity index (χ1n) is 8.90. The predicted octanol–water partition coefficient (Wildman–Crippen LogP) is 1.88. The summed E-state index contributed by atoms with van der Waals surface area (Å²) in [4.78, 5) is 2.44. The van der Waals surface area contributed by atoms with Crippen LogP contribution in [-0.2, 0) is 16.1 Å². The molecule has 25 heavy (non-hydrogen) atoms. The number of likely N-dealkylation sites (tertiary alicyclic amines) is 1. The molecule has 0 radical (unpaired) electrons. The highest BCUT2D eigenvalue weighted by Crippen LogP contribution is 2.35. The molecule has 3 atom stereocenters. The fourth-order valence-corrected chi connectivity index (χ4v) is 4.24. The molecule has 2 fully saturated rings. The second-order valence-corrected chi connectivity index (χ2v) is 7.17. The lowest BCUT2D eigenvalue weighted by Gasteiger charge is -2.26. The molecule has 4 heterocycles. The third-order valence-electron chi connectivity index (χ3n) is 5.52. The smallest absolute Gasteiger partial charge is 0.132 e. The highest BCUT2D eigenvalue weighted by Gasteiger charge is 2.41. The normalized spacial score (nSPS) is 28.9. The molecule has 0 aliphatic carbocycles. The van der Waals surface area contributed by atoms with Crippen LogP contribution >= 0.6 is 0 Å². The van der Waals surface area contributed by atoms with Crippen molar-refractivity contribution >= 4 is 0 Å². The van der Waals surface area contributed by atoms with E-state index < -0.39 is 0 Å². The van der Waals surface area contributed by atoms with Gasteiger partial charge in [0.05, 0.1) is 31.1 Å². The number of ether oxygens (including phenoxy) is 2. The summed E-state index contributed by atoms with van der Waals surface area (Å²) in [5.74, 6) is 0.339. The molecule has 0 spiro atoms. The Morgan fingerprint density at radius 2 is 2.16 bits per heavy atom. The van der Waals surface area contributed by atoms with Crippen LogP contribution in [0.15, 0.2) is 24.3 Å². The summed E-state index contributed by atoms with van der Waals surface area (Å²) in [5, 5.41) is 8.62. The first kappa shape index (κ1) is 15.4. The van der Waals surface area contributed by atoms with Crippen molar-refractivity contribution in [3.05, 3.63) is 35.8 Å². The van der Waals surface area contributed by atoms with Gasteiger partial charge in [0.2, 0.25) is 0 Å². The lowest BCUT2D eigenvalue weighted by atomic mass is 10.1. The Labute approximate surface area is 145 Å². The molecule has 3 aliphatic rings. The van der Waals surface area contributed by atoms with Crippen LogP contribution in [0.25, 0.3) is 11.3 Å². The van der Waals surface area contributed by atoms with Gasteiger partial charge in [0, 0.05) is 31.8 Å². The van der Waals surface area contributed by atoms with E-state index in [4.69, 9.17) is 9.47 Å². The first-order valence-corrected chi connectivity index (χ1v) is 8.90. The van der Waals surface area contributed by atoms with Gasteiger partial charge in [-0.05, 0) is 24.5 Å². The topological polar surface area (TPSA) is 52.4 Å². The Kier molecular flexibility index (Phi) is 3.80. The van der Waals surface area contributed by atoms with Crippen LogP contribution in [0.5, 0.6) is 0 Å². The Balaban J connectivity index is 1.39. The maximum absolute atomic E-state index is 14.1. The molecule has 0 amide bonds.